The van der Waals surface area contributed by atoms with Gasteiger partial charge in [-0.2, -0.15) is 8.42 Å². The molecule has 2 amide bonds. The zero-order valence-corrected chi connectivity index (χ0v) is 11.5. The molecule has 110 valence electrons. The lowest BCUT2D eigenvalue weighted by molar-refractivity contribution is 0.0564. The topological polar surface area (TPSA) is 114 Å². The van der Waals surface area contributed by atoms with E-state index in [-0.39, 0.29) is 11.7 Å². The highest BCUT2D eigenvalue weighted by molar-refractivity contribution is 7.90. The number of benzene rings is 1. The standard InChI is InChI=1S/C11H16N4O4S/c12-20(17,18)14-10-3-1-2-9(8-10)13-11(16)15-4-6-19-7-5-15/h1-3,8,14H,4-7H2,(H,13,16)(H2,12,17,18). The quantitative estimate of drug-likeness (QED) is 0.738. The zero-order valence-electron chi connectivity index (χ0n) is 10.7. The fraction of sp³-hybridized carbons (Fsp3) is 0.364. The second-order valence-corrected chi connectivity index (χ2v) is 5.55. The van der Waals surface area contributed by atoms with Crippen LogP contribution in [0.1, 0.15) is 0 Å². The Morgan fingerprint density at radius 2 is 1.90 bits per heavy atom. The highest BCUT2D eigenvalue weighted by Crippen LogP contribution is 2.16. The van der Waals surface area contributed by atoms with Crippen molar-refractivity contribution in [1.29, 1.82) is 0 Å². The predicted octanol–water partition coefficient (Wildman–Crippen LogP) is 0.166. The fourth-order valence-electron chi connectivity index (χ4n) is 1.79. The highest BCUT2D eigenvalue weighted by atomic mass is 32.2. The molecule has 0 aromatic heterocycles. The minimum absolute atomic E-state index is 0.249. The van der Waals surface area contributed by atoms with Crippen molar-refractivity contribution in [1.82, 2.24) is 4.90 Å². The van der Waals surface area contributed by atoms with Crippen LogP contribution in [0.4, 0.5) is 16.2 Å². The van der Waals surface area contributed by atoms with Crippen molar-refractivity contribution < 1.29 is 17.9 Å². The minimum Gasteiger partial charge on any atom is -0.378 e. The van der Waals surface area contributed by atoms with Gasteiger partial charge in [-0.1, -0.05) is 6.07 Å². The molecule has 1 aliphatic heterocycles. The SMILES string of the molecule is NS(=O)(=O)Nc1cccc(NC(=O)N2CCOCC2)c1. The molecule has 1 fully saturated rings. The van der Waals surface area contributed by atoms with E-state index in [1.807, 2.05) is 0 Å². The first-order chi connectivity index (χ1) is 9.44. The number of hydrogen-bond donors (Lipinski definition) is 3. The van der Waals surface area contributed by atoms with E-state index in [2.05, 4.69) is 10.0 Å². The van der Waals surface area contributed by atoms with Crippen LogP contribution >= 0.6 is 0 Å². The van der Waals surface area contributed by atoms with Gasteiger partial charge >= 0.3 is 6.03 Å². The van der Waals surface area contributed by atoms with Crippen molar-refractivity contribution in [3.63, 3.8) is 0 Å². The lowest BCUT2D eigenvalue weighted by Crippen LogP contribution is -2.43. The molecule has 1 heterocycles. The van der Waals surface area contributed by atoms with Crippen molar-refractivity contribution in [3.8, 4) is 0 Å². The third-order valence-corrected chi connectivity index (χ3v) is 3.19. The third kappa shape index (κ3) is 4.37. The van der Waals surface area contributed by atoms with E-state index < -0.39 is 10.2 Å². The summed E-state index contributed by atoms with van der Waals surface area (Å²) in [5.74, 6) is 0. The van der Waals surface area contributed by atoms with E-state index in [9.17, 15) is 13.2 Å². The van der Waals surface area contributed by atoms with Crippen molar-refractivity contribution >= 4 is 27.6 Å². The van der Waals surface area contributed by atoms with E-state index in [1.54, 1.807) is 17.0 Å². The van der Waals surface area contributed by atoms with Gasteiger partial charge in [0.05, 0.1) is 18.9 Å². The number of nitrogens with two attached hydrogens (primary N) is 1. The molecule has 8 nitrogen and oxygen atoms in total. The molecule has 0 unspecified atom stereocenters. The van der Waals surface area contributed by atoms with Gasteiger partial charge in [-0.05, 0) is 18.2 Å². The normalized spacial score (nSPS) is 15.8. The minimum atomic E-state index is -3.83. The number of carbonyl (C=O) groups excluding carboxylic acids is 1. The first-order valence-corrected chi connectivity index (χ1v) is 7.53. The Hall–Kier alpha value is -1.84. The Bertz CT molecular complexity index is 584. The molecule has 0 aliphatic carbocycles. The number of urea groups is 1. The molecule has 2 rings (SSSR count). The molecule has 0 radical (unpaired) electrons. The summed E-state index contributed by atoms with van der Waals surface area (Å²) in [7, 11) is -3.83. The van der Waals surface area contributed by atoms with Gasteiger partial charge < -0.3 is 15.0 Å². The van der Waals surface area contributed by atoms with Crippen LogP contribution in [-0.2, 0) is 14.9 Å². The number of carbonyl (C=O) groups is 1. The van der Waals surface area contributed by atoms with Crippen LogP contribution in [0.3, 0.4) is 0 Å². The van der Waals surface area contributed by atoms with Crippen molar-refractivity contribution in [2.24, 2.45) is 5.14 Å². The summed E-state index contributed by atoms with van der Waals surface area (Å²) >= 11 is 0. The maximum Gasteiger partial charge on any atom is 0.322 e. The summed E-state index contributed by atoms with van der Waals surface area (Å²) < 4.78 is 29.2. The molecule has 1 aliphatic rings. The molecule has 9 heteroatoms. The second kappa shape index (κ2) is 6.07. The summed E-state index contributed by atoms with van der Waals surface area (Å²) in [6.45, 7) is 2.09. The van der Waals surface area contributed by atoms with Crippen LogP contribution < -0.4 is 15.2 Å². The molecule has 0 spiro atoms. The molecular formula is C11H16N4O4S. The molecular weight excluding hydrogens is 284 g/mol. The molecule has 1 aromatic rings. The third-order valence-electron chi connectivity index (χ3n) is 2.67. The number of ether oxygens (including phenoxy) is 1. The summed E-state index contributed by atoms with van der Waals surface area (Å²) in [4.78, 5) is 13.6. The first-order valence-electron chi connectivity index (χ1n) is 5.98. The number of rotatable bonds is 3. The van der Waals surface area contributed by atoms with E-state index in [0.29, 0.717) is 32.0 Å². The summed E-state index contributed by atoms with van der Waals surface area (Å²) in [6.07, 6.45) is 0. The Morgan fingerprint density at radius 3 is 2.55 bits per heavy atom. The molecule has 0 saturated carbocycles. The van der Waals surface area contributed by atoms with Gasteiger partial charge in [-0.25, -0.2) is 9.93 Å². The maximum atomic E-state index is 12.0. The largest absolute Gasteiger partial charge is 0.378 e. The Morgan fingerprint density at radius 1 is 1.25 bits per heavy atom. The van der Waals surface area contributed by atoms with Crippen LogP contribution in [-0.4, -0.2) is 45.7 Å². The second-order valence-electron chi connectivity index (χ2n) is 4.26. The molecule has 1 aromatic carbocycles. The van der Waals surface area contributed by atoms with E-state index in [4.69, 9.17) is 9.88 Å². The summed E-state index contributed by atoms with van der Waals surface area (Å²) in [5, 5.41) is 7.58. The van der Waals surface area contributed by atoms with Crippen LogP contribution in [0, 0.1) is 0 Å². The highest BCUT2D eigenvalue weighted by Gasteiger charge is 2.16. The van der Waals surface area contributed by atoms with Gasteiger partial charge in [0.15, 0.2) is 0 Å². The van der Waals surface area contributed by atoms with Gasteiger partial charge in [-0.3, -0.25) is 4.72 Å². The Labute approximate surface area is 117 Å². The number of nitrogens with one attached hydrogen (secondary N) is 2. The molecule has 0 bridgehead atoms. The average molecular weight is 300 g/mol. The zero-order chi connectivity index (χ0) is 14.6. The van der Waals surface area contributed by atoms with Gasteiger partial charge in [0.2, 0.25) is 0 Å². The first kappa shape index (κ1) is 14.6. The van der Waals surface area contributed by atoms with Gasteiger partial charge in [0, 0.05) is 18.8 Å². The van der Waals surface area contributed by atoms with Crippen molar-refractivity contribution in [3.05, 3.63) is 24.3 Å². The molecule has 4 N–H and O–H groups in total. The van der Waals surface area contributed by atoms with E-state index >= 15 is 0 Å². The maximum absolute atomic E-state index is 12.0. The number of hydrogen-bond acceptors (Lipinski definition) is 4. The predicted molar refractivity (Wildman–Crippen MR) is 74.6 cm³/mol. The van der Waals surface area contributed by atoms with Gasteiger partial charge in [0.1, 0.15) is 0 Å². The van der Waals surface area contributed by atoms with Gasteiger partial charge in [0.25, 0.3) is 10.2 Å². The lowest BCUT2D eigenvalue weighted by atomic mass is 10.3. The number of anilines is 2. The average Bonchev–Trinajstić information content (AvgIpc) is 2.38. The lowest BCUT2D eigenvalue weighted by Gasteiger charge is -2.27. The van der Waals surface area contributed by atoms with Crippen LogP contribution in [0.2, 0.25) is 0 Å². The summed E-state index contributed by atoms with van der Waals surface area (Å²) in [6, 6.07) is 6.05. The molecule has 20 heavy (non-hydrogen) atoms. The van der Waals surface area contributed by atoms with E-state index in [0.717, 1.165) is 0 Å². The van der Waals surface area contributed by atoms with Crippen LogP contribution in [0.15, 0.2) is 24.3 Å². The van der Waals surface area contributed by atoms with Crippen LogP contribution in [0.25, 0.3) is 0 Å². The smallest absolute Gasteiger partial charge is 0.322 e. The van der Waals surface area contributed by atoms with Crippen LogP contribution in [0.5, 0.6) is 0 Å². The van der Waals surface area contributed by atoms with Gasteiger partial charge in [-0.15, -0.1) is 0 Å². The Balaban J connectivity index is 2.02. The number of morpholine rings is 1. The molecule has 0 atom stereocenters. The van der Waals surface area contributed by atoms with E-state index in [1.165, 1.54) is 12.1 Å². The Kier molecular flexibility index (Phi) is 4.42. The van der Waals surface area contributed by atoms with Crippen molar-refractivity contribution in [2.45, 2.75) is 0 Å². The van der Waals surface area contributed by atoms with Crippen molar-refractivity contribution in [2.75, 3.05) is 36.3 Å². The summed E-state index contributed by atoms with van der Waals surface area (Å²) in [5.41, 5.74) is 0.766. The number of nitrogens with zero attached hydrogens (tertiary/aromatic N) is 1. The monoisotopic (exact) mass is 300 g/mol. The fourth-order valence-corrected chi connectivity index (χ4v) is 2.25. The number of amides is 2. The molecule has 1 saturated heterocycles.